The summed E-state index contributed by atoms with van der Waals surface area (Å²) in [6.45, 7) is 0. The summed E-state index contributed by atoms with van der Waals surface area (Å²) in [5.41, 5.74) is 0. The van der Waals surface area contributed by atoms with Crippen molar-refractivity contribution in [3.63, 3.8) is 0 Å². The summed E-state index contributed by atoms with van der Waals surface area (Å²) in [6.07, 6.45) is 0. The Hall–Kier alpha value is -0.690. The van der Waals surface area contributed by atoms with Gasteiger partial charge in [0, 0.05) is 0 Å². The number of halogens is 1. The third-order valence-corrected chi connectivity index (χ3v) is 0.701. The number of benzene rings is 1. The number of phenolic OH excluding ortho intramolecular Hbond substituents is 1. The Labute approximate surface area is 54.4 Å². The molecule has 1 aromatic carbocycles. The average molecular weight is 130 g/mol. The zero-order chi connectivity index (χ0) is 5.11. The van der Waals surface area contributed by atoms with Crippen LogP contribution in [0.15, 0.2) is 24.3 Å². The predicted octanol–water partition coefficient (Wildman–Crippen LogP) is 1.61. The van der Waals surface area contributed by atoms with Crippen molar-refractivity contribution in [1.29, 1.82) is 0 Å². The third-order valence-electron chi connectivity index (χ3n) is 0.701. The van der Waals surface area contributed by atoms with Crippen LogP contribution in [0.2, 0.25) is 0 Å². The minimum atomic E-state index is 0. The van der Waals surface area contributed by atoms with Gasteiger partial charge in [0.15, 0.2) is 0 Å². The molecule has 8 heavy (non-hydrogen) atoms. The van der Waals surface area contributed by atoms with E-state index in [1.54, 1.807) is 24.3 Å². The number of rotatable bonds is 0. The molecule has 1 aromatic rings. The fraction of sp³-hybridized carbons (Fsp3) is 0. The molecule has 1 radical (unpaired) electrons. The van der Waals surface area contributed by atoms with Crippen molar-refractivity contribution in [2.45, 2.75) is 0 Å². The second kappa shape index (κ2) is 3.33. The van der Waals surface area contributed by atoms with E-state index in [9.17, 15) is 0 Å². The predicted molar refractivity (Wildman–Crippen MR) is 34.2 cm³/mol. The summed E-state index contributed by atoms with van der Waals surface area (Å²) in [7, 11) is 0. The molecule has 0 bridgehead atoms. The van der Waals surface area contributed by atoms with Crippen molar-refractivity contribution in [3.05, 3.63) is 30.3 Å². The van der Waals surface area contributed by atoms with Gasteiger partial charge in [0.1, 0.15) is 5.75 Å². The smallest absolute Gasteiger partial charge is 0.115 e. The molecule has 0 spiro atoms. The molecular formula is C6H6ClO. The lowest BCUT2D eigenvalue weighted by Gasteiger charge is -1.81. The van der Waals surface area contributed by atoms with Gasteiger partial charge in [0.05, 0.1) is 0 Å². The Bertz CT molecular complexity index is 138. The van der Waals surface area contributed by atoms with Gasteiger partial charge in [-0.1, -0.05) is 12.1 Å². The Morgan fingerprint density at radius 2 is 1.75 bits per heavy atom. The van der Waals surface area contributed by atoms with Crippen LogP contribution in [0, 0.1) is 6.07 Å². The first kappa shape index (κ1) is 7.31. The number of aromatic hydroxyl groups is 1. The Balaban J connectivity index is 0.000000490. The zero-order valence-electron chi connectivity index (χ0n) is 4.16. The molecule has 2 heteroatoms. The molecule has 0 aromatic heterocycles. The fourth-order valence-corrected chi connectivity index (χ4v) is 0.378. The maximum atomic E-state index is 8.61. The van der Waals surface area contributed by atoms with E-state index in [0.29, 0.717) is 5.75 Å². The monoisotopic (exact) mass is 129 g/mol. The summed E-state index contributed by atoms with van der Waals surface area (Å²) >= 11 is 0. The largest absolute Gasteiger partial charge is 0.508 e. The SMILES string of the molecule is Cl.Oc1cc[c]cc1. The Morgan fingerprint density at radius 3 is 2.00 bits per heavy atom. The van der Waals surface area contributed by atoms with Crippen molar-refractivity contribution < 1.29 is 5.11 Å². The highest BCUT2D eigenvalue weighted by Crippen LogP contribution is 2.02. The van der Waals surface area contributed by atoms with Gasteiger partial charge in [-0.3, -0.25) is 0 Å². The number of hydrogen-bond donors (Lipinski definition) is 1. The van der Waals surface area contributed by atoms with Crippen LogP contribution in [0.5, 0.6) is 5.75 Å². The topological polar surface area (TPSA) is 20.2 Å². The van der Waals surface area contributed by atoms with E-state index >= 15 is 0 Å². The van der Waals surface area contributed by atoms with Crippen LogP contribution in [0.4, 0.5) is 0 Å². The van der Waals surface area contributed by atoms with Gasteiger partial charge in [0.2, 0.25) is 0 Å². The highest BCUT2D eigenvalue weighted by molar-refractivity contribution is 5.85. The molecule has 0 saturated carbocycles. The number of hydrogen-bond acceptors (Lipinski definition) is 1. The van der Waals surface area contributed by atoms with Crippen LogP contribution in [0.1, 0.15) is 0 Å². The Kier molecular flexibility index (Phi) is 3.04. The van der Waals surface area contributed by atoms with E-state index in [1.165, 1.54) is 0 Å². The highest BCUT2D eigenvalue weighted by atomic mass is 35.5. The van der Waals surface area contributed by atoms with Crippen molar-refractivity contribution in [2.75, 3.05) is 0 Å². The van der Waals surface area contributed by atoms with Gasteiger partial charge < -0.3 is 5.11 Å². The molecular weight excluding hydrogens is 124 g/mol. The lowest BCUT2D eigenvalue weighted by molar-refractivity contribution is 0.475. The van der Waals surface area contributed by atoms with Crippen LogP contribution in [-0.2, 0) is 0 Å². The van der Waals surface area contributed by atoms with E-state index in [2.05, 4.69) is 6.07 Å². The highest BCUT2D eigenvalue weighted by Gasteiger charge is 1.75. The van der Waals surface area contributed by atoms with Gasteiger partial charge >= 0.3 is 0 Å². The van der Waals surface area contributed by atoms with Crippen molar-refractivity contribution >= 4 is 12.4 Å². The lowest BCUT2D eigenvalue weighted by atomic mass is 10.3. The van der Waals surface area contributed by atoms with Crippen molar-refractivity contribution in [1.82, 2.24) is 0 Å². The fourth-order valence-electron chi connectivity index (χ4n) is 0.378. The molecule has 43 valence electrons. The second-order valence-electron chi connectivity index (χ2n) is 1.26. The molecule has 0 unspecified atom stereocenters. The van der Waals surface area contributed by atoms with Crippen molar-refractivity contribution in [2.24, 2.45) is 0 Å². The van der Waals surface area contributed by atoms with Gasteiger partial charge in [-0.25, -0.2) is 0 Å². The molecule has 1 rings (SSSR count). The molecule has 0 saturated heterocycles. The van der Waals surface area contributed by atoms with Gasteiger partial charge in [-0.2, -0.15) is 0 Å². The van der Waals surface area contributed by atoms with E-state index in [4.69, 9.17) is 5.11 Å². The summed E-state index contributed by atoms with van der Waals surface area (Å²) < 4.78 is 0. The van der Waals surface area contributed by atoms with Crippen LogP contribution >= 0.6 is 12.4 Å². The summed E-state index contributed by atoms with van der Waals surface area (Å²) in [5.74, 6) is 0.291. The normalized spacial score (nSPS) is 7.50. The minimum absolute atomic E-state index is 0. The van der Waals surface area contributed by atoms with Crippen LogP contribution in [0.3, 0.4) is 0 Å². The van der Waals surface area contributed by atoms with Crippen LogP contribution in [-0.4, -0.2) is 5.11 Å². The van der Waals surface area contributed by atoms with Gasteiger partial charge in [-0.05, 0) is 18.2 Å². The van der Waals surface area contributed by atoms with E-state index in [1.807, 2.05) is 0 Å². The maximum Gasteiger partial charge on any atom is 0.115 e. The lowest BCUT2D eigenvalue weighted by Crippen LogP contribution is -1.57. The minimum Gasteiger partial charge on any atom is -0.508 e. The van der Waals surface area contributed by atoms with Crippen LogP contribution in [0.25, 0.3) is 0 Å². The average Bonchev–Trinajstić information content (AvgIpc) is 1.69. The zero-order valence-corrected chi connectivity index (χ0v) is 4.98. The molecule has 0 aliphatic heterocycles. The maximum absolute atomic E-state index is 8.61. The first-order valence-corrected chi connectivity index (χ1v) is 2.04. The molecule has 1 N–H and O–H groups in total. The summed E-state index contributed by atoms with van der Waals surface area (Å²) in [4.78, 5) is 0. The number of phenols is 1. The first-order valence-electron chi connectivity index (χ1n) is 2.04. The molecule has 0 aliphatic carbocycles. The molecule has 0 amide bonds. The molecule has 0 fully saturated rings. The summed E-state index contributed by atoms with van der Waals surface area (Å²) in [5, 5.41) is 8.61. The molecule has 0 atom stereocenters. The standard InChI is InChI=1S/C6H5O.ClH/c7-6-4-2-1-3-5-6;/h2-5,7H;1H. The van der Waals surface area contributed by atoms with Crippen molar-refractivity contribution in [3.8, 4) is 5.75 Å². The first-order chi connectivity index (χ1) is 3.39. The summed E-state index contributed by atoms with van der Waals surface area (Å²) in [6, 6.07) is 9.26. The molecule has 0 aliphatic rings. The third kappa shape index (κ3) is 1.85. The molecule has 0 heterocycles. The quantitative estimate of drug-likeness (QED) is 0.564. The molecule has 1 nitrogen and oxygen atoms in total. The van der Waals surface area contributed by atoms with E-state index < -0.39 is 0 Å². The second-order valence-corrected chi connectivity index (χ2v) is 1.26. The van der Waals surface area contributed by atoms with E-state index in [0.717, 1.165) is 0 Å². The van der Waals surface area contributed by atoms with Gasteiger partial charge in [-0.15, -0.1) is 12.4 Å². The Morgan fingerprint density at radius 1 is 1.25 bits per heavy atom. The van der Waals surface area contributed by atoms with Crippen LogP contribution < -0.4 is 0 Å². The van der Waals surface area contributed by atoms with Gasteiger partial charge in [0.25, 0.3) is 0 Å². The van der Waals surface area contributed by atoms with E-state index in [-0.39, 0.29) is 12.4 Å².